The Hall–Kier alpha value is -0.940. The van der Waals surface area contributed by atoms with E-state index >= 15 is 0 Å². The van der Waals surface area contributed by atoms with Crippen molar-refractivity contribution in [2.45, 2.75) is 6.61 Å². The van der Waals surface area contributed by atoms with Crippen molar-refractivity contribution in [1.82, 2.24) is 9.97 Å². The molecular formula is C6H9N3OS. The van der Waals surface area contributed by atoms with Crippen LogP contribution in [0.1, 0.15) is 5.56 Å². The largest absolute Gasteiger partial charge is 0.385 e. The summed E-state index contributed by atoms with van der Waals surface area (Å²) in [6, 6.07) is 0. The van der Waals surface area contributed by atoms with Crippen molar-refractivity contribution >= 4 is 18.0 Å². The van der Waals surface area contributed by atoms with Gasteiger partial charge in [-0.3, -0.25) is 0 Å². The number of hydrogen-bond acceptors (Lipinski definition) is 4. The number of aromatic nitrogens is 2. The zero-order valence-corrected chi connectivity index (χ0v) is 6.94. The molecule has 1 aromatic rings. The van der Waals surface area contributed by atoms with Gasteiger partial charge in [0.25, 0.3) is 0 Å². The molecule has 3 N–H and O–H groups in total. The number of H-pyrrole nitrogens is 1. The van der Waals surface area contributed by atoms with Crippen LogP contribution in [0.3, 0.4) is 0 Å². The second-order valence-electron chi connectivity index (χ2n) is 2.06. The molecule has 1 aromatic heterocycles. The summed E-state index contributed by atoms with van der Waals surface area (Å²) < 4.78 is 5.27. The number of nitrogens with zero attached hydrogens (tertiary/aromatic N) is 1. The molecule has 0 atom stereocenters. The van der Waals surface area contributed by atoms with E-state index in [1.807, 2.05) is 0 Å². The third-order valence-corrected chi connectivity index (χ3v) is 1.43. The Labute approximate surface area is 69.4 Å². The van der Waals surface area contributed by atoms with E-state index in [9.17, 15) is 0 Å². The van der Waals surface area contributed by atoms with Crippen LogP contribution in [-0.2, 0) is 11.3 Å². The number of anilines is 1. The van der Waals surface area contributed by atoms with Crippen LogP contribution in [0.15, 0.2) is 6.20 Å². The fraction of sp³-hybridized carbons (Fsp3) is 0.333. The maximum absolute atomic E-state index is 5.57. The third-order valence-electron chi connectivity index (χ3n) is 1.23. The topological polar surface area (TPSA) is 63.9 Å². The van der Waals surface area contributed by atoms with E-state index in [1.165, 1.54) is 0 Å². The Morgan fingerprint density at radius 2 is 2.55 bits per heavy atom. The van der Waals surface area contributed by atoms with Crippen molar-refractivity contribution in [3.8, 4) is 0 Å². The molecular weight excluding hydrogens is 162 g/mol. The van der Waals surface area contributed by atoms with Crippen LogP contribution < -0.4 is 5.73 Å². The van der Waals surface area contributed by atoms with Crippen LogP contribution in [-0.4, -0.2) is 17.1 Å². The zero-order chi connectivity index (χ0) is 8.27. The summed E-state index contributed by atoms with van der Waals surface area (Å²) in [4.78, 5) is 6.58. The second-order valence-corrected chi connectivity index (χ2v) is 2.45. The molecule has 0 fully saturated rings. The van der Waals surface area contributed by atoms with Gasteiger partial charge in [0.1, 0.15) is 5.82 Å². The molecule has 11 heavy (non-hydrogen) atoms. The molecule has 0 amide bonds. The van der Waals surface area contributed by atoms with Gasteiger partial charge in [-0.2, -0.15) is 0 Å². The summed E-state index contributed by atoms with van der Waals surface area (Å²) in [6.07, 6.45) is 1.61. The average molecular weight is 171 g/mol. The van der Waals surface area contributed by atoms with Crippen molar-refractivity contribution in [2.24, 2.45) is 0 Å². The van der Waals surface area contributed by atoms with Gasteiger partial charge in [-0.25, -0.2) is 4.98 Å². The van der Waals surface area contributed by atoms with Crippen molar-refractivity contribution in [1.29, 1.82) is 0 Å². The normalized spacial score (nSPS) is 9.91. The van der Waals surface area contributed by atoms with Gasteiger partial charge < -0.3 is 15.5 Å². The summed E-state index contributed by atoms with van der Waals surface area (Å²) in [6.45, 7) is 0.449. The predicted molar refractivity (Wildman–Crippen MR) is 44.5 cm³/mol. The average Bonchev–Trinajstić information content (AvgIpc) is 1.95. The highest BCUT2D eigenvalue weighted by atomic mass is 32.1. The fourth-order valence-corrected chi connectivity index (χ4v) is 0.867. The lowest BCUT2D eigenvalue weighted by molar-refractivity contribution is 0.185. The number of nitrogens with two attached hydrogens (primary N) is 1. The molecule has 1 rings (SSSR count). The number of hydrogen-bond donors (Lipinski definition) is 2. The Morgan fingerprint density at radius 1 is 1.82 bits per heavy atom. The molecule has 0 aliphatic heterocycles. The van der Waals surface area contributed by atoms with Crippen LogP contribution in [0, 0.1) is 4.77 Å². The number of aromatic amines is 1. The van der Waals surface area contributed by atoms with Crippen LogP contribution in [0.4, 0.5) is 5.82 Å². The molecule has 0 unspecified atom stereocenters. The first-order chi connectivity index (χ1) is 5.24. The molecule has 0 radical (unpaired) electrons. The van der Waals surface area contributed by atoms with E-state index in [-0.39, 0.29) is 0 Å². The highest BCUT2D eigenvalue weighted by Gasteiger charge is 1.97. The summed E-state index contributed by atoms with van der Waals surface area (Å²) in [5.74, 6) is 0.520. The molecule has 1 heterocycles. The fourth-order valence-electron chi connectivity index (χ4n) is 0.704. The Bertz CT molecular complexity index is 296. The number of methoxy groups -OCH3 is 1. The standard InChI is InChI=1S/C6H9N3OS/c1-10-3-4-2-8-6(11)9-5(4)7/h2H,3H2,1H3,(H3,7,8,9,11). The maximum atomic E-state index is 5.57. The van der Waals surface area contributed by atoms with Gasteiger partial charge in [0.2, 0.25) is 0 Å². The minimum Gasteiger partial charge on any atom is -0.385 e. The van der Waals surface area contributed by atoms with Crippen LogP contribution >= 0.6 is 12.2 Å². The van der Waals surface area contributed by atoms with Crippen molar-refractivity contribution < 1.29 is 4.74 Å². The summed E-state index contributed by atoms with van der Waals surface area (Å²) >= 11 is 4.76. The Morgan fingerprint density at radius 3 is 3.09 bits per heavy atom. The predicted octanol–water partition coefficient (Wildman–Crippen LogP) is 0.868. The van der Waals surface area contributed by atoms with Gasteiger partial charge in [0.05, 0.1) is 6.61 Å². The lowest BCUT2D eigenvalue weighted by Crippen LogP contribution is -2.00. The van der Waals surface area contributed by atoms with Gasteiger partial charge in [0.15, 0.2) is 4.77 Å². The Kier molecular flexibility index (Phi) is 2.56. The van der Waals surface area contributed by atoms with Gasteiger partial charge >= 0.3 is 0 Å². The van der Waals surface area contributed by atoms with Gasteiger partial charge in [-0.15, -0.1) is 0 Å². The zero-order valence-electron chi connectivity index (χ0n) is 6.13. The van der Waals surface area contributed by atoms with E-state index in [2.05, 4.69) is 9.97 Å². The molecule has 0 aliphatic carbocycles. The number of nitrogens with one attached hydrogen (secondary N) is 1. The summed E-state index contributed by atoms with van der Waals surface area (Å²) in [5.41, 5.74) is 6.39. The highest BCUT2D eigenvalue weighted by molar-refractivity contribution is 7.71. The monoisotopic (exact) mass is 171 g/mol. The molecule has 0 spiro atoms. The van der Waals surface area contributed by atoms with Crippen molar-refractivity contribution in [3.63, 3.8) is 0 Å². The van der Waals surface area contributed by atoms with Gasteiger partial charge in [-0.1, -0.05) is 0 Å². The van der Waals surface area contributed by atoms with E-state index in [0.29, 0.717) is 17.2 Å². The van der Waals surface area contributed by atoms with Crippen molar-refractivity contribution in [2.75, 3.05) is 12.8 Å². The lowest BCUT2D eigenvalue weighted by atomic mass is 10.3. The smallest absolute Gasteiger partial charge is 0.198 e. The second kappa shape index (κ2) is 3.45. The maximum Gasteiger partial charge on any atom is 0.198 e. The Balaban J connectivity index is 2.99. The third kappa shape index (κ3) is 1.99. The van der Waals surface area contributed by atoms with Gasteiger partial charge in [-0.05, 0) is 12.2 Å². The molecule has 0 aliphatic rings. The number of ether oxygens (including phenoxy) is 1. The molecule has 5 heteroatoms. The molecule has 0 aromatic carbocycles. The first-order valence-corrected chi connectivity index (χ1v) is 3.47. The minimum atomic E-state index is 0.391. The van der Waals surface area contributed by atoms with Crippen LogP contribution in [0.25, 0.3) is 0 Å². The van der Waals surface area contributed by atoms with Crippen LogP contribution in [0.2, 0.25) is 0 Å². The van der Waals surface area contributed by atoms with E-state index < -0.39 is 0 Å². The minimum absolute atomic E-state index is 0.391. The quantitative estimate of drug-likeness (QED) is 0.648. The SMILES string of the molecule is COCc1cnc(=S)[nH]c1N. The first kappa shape index (κ1) is 8.16. The lowest BCUT2D eigenvalue weighted by Gasteiger charge is -2.01. The van der Waals surface area contributed by atoms with E-state index in [1.54, 1.807) is 13.3 Å². The highest BCUT2D eigenvalue weighted by Crippen LogP contribution is 2.05. The summed E-state index contributed by atoms with van der Waals surface area (Å²) in [7, 11) is 1.60. The van der Waals surface area contributed by atoms with Gasteiger partial charge in [0, 0.05) is 18.9 Å². The molecule has 60 valence electrons. The molecule has 0 saturated heterocycles. The molecule has 0 bridgehead atoms. The van der Waals surface area contributed by atoms with E-state index in [0.717, 1.165) is 5.56 Å². The van der Waals surface area contributed by atoms with Crippen LogP contribution in [0.5, 0.6) is 0 Å². The first-order valence-electron chi connectivity index (χ1n) is 3.06. The molecule has 4 nitrogen and oxygen atoms in total. The number of nitrogen functional groups attached to an aromatic ring is 1. The summed E-state index contributed by atoms with van der Waals surface area (Å²) in [5, 5.41) is 0. The molecule has 0 saturated carbocycles. The van der Waals surface area contributed by atoms with E-state index in [4.69, 9.17) is 22.7 Å². The number of rotatable bonds is 2. The van der Waals surface area contributed by atoms with Crippen molar-refractivity contribution in [3.05, 3.63) is 16.5 Å².